The molecule has 0 unspecified atom stereocenters. The van der Waals surface area contributed by atoms with Gasteiger partial charge in [0, 0.05) is 0 Å². The predicted molar refractivity (Wildman–Crippen MR) is 112 cm³/mol. The van der Waals surface area contributed by atoms with E-state index >= 15 is 0 Å². The smallest absolute Gasteiger partial charge is 0.256 e. The molecule has 150 valence electrons. The zero-order chi connectivity index (χ0) is 20.5. The summed E-state index contributed by atoms with van der Waals surface area (Å²) in [7, 11) is 1.49. The van der Waals surface area contributed by atoms with Crippen LogP contribution in [0.25, 0.3) is 0 Å². The van der Waals surface area contributed by atoms with E-state index in [0.717, 1.165) is 12.1 Å². The van der Waals surface area contributed by atoms with E-state index in [1.54, 1.807) is 24.4 Å². The first-order chi connectivity index (χ1) is 13.4. The monoisotopic (exact) mass is 447 g/mol. The van der Waals surface area contributed by atoms with Gasteiger partial charge < -0.3 is 0 Å². The molecule has 0 atom stereocenters. The number of ether oxygens (including phenoxy) is 1. The van der Waals surface area contributed by atoms with Crippen LogP contribution >= 0.6 is 0 Å². The van der Waals surface area contributed by atoms with Gasteiger partial charge in [-0.2, -0.15) is 0 Å². The number of benzene rings is 1. The maximum absolute atomic E-state index is 12.3. The first-order valence-corrected chi connectivity index (χ1v) is 13.9. The Balaban J connectivity index is 1.97. The van der Waals surface area contributed by atoms with Crippen molar-refractivity contribution in [2.24, 2.45) is 0 Å². The minimum Gasteiger partial charge on any atom is -0.256 e. The number of aryl methyl sites for hydroxylation is 1. The van der Waals surface area contributed by atoms with Crippen molar-refractivity contribution >= 4 is 38.1 Å². The van der Waals surface area contributed by atoms with E-state index < -0.39 is 20.7 Å². The van der Waals surface area contributed by atoms with Crippen molar-refractivity contribution in [1.29, 1.82) is 0 Å². The Morgan fingerprint density at radius 3 is 2.57 bits per heavy atom. The number of nitrogens with zero attached hydrogens (tertiary/aromatic N) is 2. The predicted octanol–water partition coefficient (Wildman–Crippen LogP) is 3.31. The van der Waals surface area contributed by atoms with Crippen LogP contribution in [0.15, 0.2) is 30.6 Å². The molecule has 2 aromatic rings. The molecule has 0 saturated carbocycles. The summed E-state index contributed by atoms with van der Waals surface area (Å²) in [6.07, 6.45) is 4.03. The van der Waals surface area contributed by atoms with Crippen molar-refractivity contribution in [3.05, 3.63) is 41.9 Å². The summed E-state index contributed by atoms with van der Waals surface area (Å²) in [6, 6.07) is 4.41. The van der Waals surface area contributed by atoms with Gasteiger partial charge in [0.1, 0.15) is 0 Å². The van der Waals surface area contributed by atoms with Gasteiger partial charge in [-0.15, -0.1) is 0 Å². The van der Waals surface area contributed by atoms with Crippen molar-refractivity contribution in [2.45, 2.75) is 30.0 Å². The molecule has 0 radical (unpaired) electrons. The molecule has 0 spiro atoms. The van der Waals surface area contributed by atoms with Crippen LogP contribution in [0, 0.1) is 6.92 Å². The Morgan fingerprint density at radius 2 is 1.93 bits per heavy atom. The van der Waals surface area contributed by atoms with Crippen molar-refractivity contribution in [2.75, 3.05) is 24.3 Å². The summed E-state index contributed by atoms with van der Waals surface area (Å²) in [5, 5.41) is 9.41. The van der Waals surface area contributed by atoms with Crippen molar-refractivity contribution in [3.63, 3.8) is 0 Å². The number of hydrogen-bond donors (Lipinski definition) is 3. The molecule has 0 fully saturated rings. The first-order valence-electron chi connectivity index (χ1n) is 8.86. The van der Waals surface area contributed by atoms with Gasteiger partial charge in [-0.25, -0.2) is 4.98 Å². The van der Waals surface area contributed by atoms with E-state index in [9.17, 15) is 9.59 Å². The molecule has 0 aliphatic heterocycles. The van der Waals surface area contributed by atoms with E-state index in [1.165, 1.54) is 18.5 Å². The number of amides is 3. The molecule has 0 aliphatic rings. The summed E-state index contributed by atoms with van der Waals surface area (Å²) in [4.78, 5) is 32.6. The van der Waals surface area contributed by atoms with Gasteiger partial charge in [-0.05, 0) is 6.92 Å². The maximum atomic E-state index is 12.3. The Hall–Kier alpha value is -2.60. The molecule has 28 heavy (non-hydrogen) atoms. The number of anilines is 2. The zero-order valence-corrected chi connectivity index (χ0v) is 18.5. The van der Waals surface area contributed by atoms with E-state index in [-0.39, 0.29) is 5.91 Å². The van der Waals surface area contributed by atoms with E-state index in [2.05, 4.69) is 37.3 Å². The number of hydrogen-bond acceptors (Lipinski definition) is 5. The molecular formula is C19H26AsN5O3. The van der Waals surface area contributed by atoms with Gasteiger partial charge in [-0.3, -0.25) is 4.98 Å². The van der Waals surface area contributed by atoms with Crippen LogP contribution in [0.3, 0.4) is 0 Å². The molecule has 1 aromatic heterocycles. The second-order valence-electron chi connectivity index (χ2n) is 6.45. The number of carbonyl (C=O) groups is 2. The van der Waals surface area contributed by atoms with Gasteiger partial charge in [0.2, 0.25) is 0 Å². The summed E-state index contributed by atoms with van der Waals surface area (Å²) in [6.45, 7) is 2.47. The zero-order valence-electron chi connectivity index (χ0n) is 16.6. The molecule has 8 nitrogen and oxygen atoms in total. The Morgan fingerprint density at radius 1 is 1.14 bits per heavy atom. The van der Waals surface area contributed by atoms with Gasteiger partial charge in [0.05, 0.1) is 18.1 Å². The fourth-order valence-electron chi connectivity index (χ4n) is 2.36. The minimum absolute atomic E-state index is 0.157. The normalized spacial score (nSPS) is 10.5. The Kier molecular flexibility index (Phi) is 8.26. The Labute approximate surface area is 169 Å². The number of methoxy groups -OCH3 is 1. The molecule has 3 N–H and O–H groups in total. The fourth-order valence-corrected chi connectivity index (χ4v) is 4.02. The average Bonchev–Trinajstić information content (AvgIpc) is 2.67. The summed E-state index contributed by atoms with van der Waals surface area (Å²) < 4.78 is 5.32. The molecule has 1 heterocycles. The topological polar surface area (TPSA) is 105 Å². The standard InChI is InChI=1S/C19H26AsN5O3/c1-13-11-23-17(12-22-13)25-19(27)24-15-7-6-14(10-16(15)28-4)18(26)21-9-5-8-20(2)3/h6-7,10-12H,5,8-9H2,1-4H3,(H,21,26)(H2,23,24,25,27). The second kappa shape index (κ2) is 10.7. The summed E-state index contributed by atoms with van der Waals surface area (Å²) in [5.74, 6) is 0.575. The van der Waals surface area contributed by atoms with Crippen LogP contribution < -0.4 is 20.7 Å². The number of nitrogens with one attached hydrogen (secondary N) is 3. The van der Waals surface area contributed by atoms with Crippen LogP contribution in [0.1, 0.15) is 22.5 Å². The second-order valence-corrected chi connectivity index (χ2v) is 11.9. The van der Waals surface area contributed by atoms with Crippen LogP contribution in [0.5, 0.6) is 5.75 Å². The molecule has 9 heteroatoms. The third-order valence-electron chi connectivity index (χ3n) is 3.80. The van der Waals surface area contributed by atoms with Crippen LogP contribution in [0.2, 0.25) is 16.6 Å². The number of carbonyl (C=O) groups excluding carboxylic acids is 2. The molecule has 3 amide bonds. The summed E-state index contributed by atoms with van der Waals surface area (Å²) in [5.41, 5.74) is 6.28. The average molecular weight is 447 g/mol. The van der Waals surface area contributed by atoms with Crippen molar-refractivity contribution < 1.29 is 14.3 Å². The third kappa shape index (κ3) is 6.85. The molecule has 2 rings (SSSR count). The van der Waals surface area contributed by atoms with Gasteiger partial charge in [-0.1, -0.05) is 0 Å². The first kappa shape index (κ1) is 21.7. The SMILES string of the molecule is COc1cc(C(=O)NCCC[As](C)C)ccc1NC(=O)Nc1cnc(C)cn1. The van der Waals surface area contributed by atoms with E-state index in [4.69, 9.17) is 4.74 Å². The number of rotatable bonds is 8. The quantitative estimate of drug-likeness (QED) is 0.425. The van der Waals surface area contributed by atoms with Crippen LogP contribution in [0.4, 0.5) is 16.3 Å². The molecule has 0 saturated heterocycles. The molecule has 1 aromatic carbocycles. The van der Waals surface area contributed by atoms with E-state index in [0.29, 0.717) is 29.4 Å². The van der Waals surface area contributed by atoms with Crippen molar-refractivity contribution in [1.82, 2.24) is 15.3 Å². The van der Waals surface area contributed by atoms with Crippen LogP contribution in [-0.2, 0) is 0 Å². The van der Waals surface area contributed by atoms with Crippen LogP contribution in [-0.4, -0.2) is 50.2 Å². The molecule has 0 bridgehead atoms. The fraction of sp³-hybridized carbons (Fsp3) is 0.368. The van der Waals surface area contributed by atoms with Gasteiger partial charge in [0.25, 0.3) is 0 Å². The Bertz CT molecular complexity index is 812. The number of urea groups is 1. The van der Waals surface area contributed by atoms with Gasteiger partial charge >= 0.3 is 129 Å². The molecule has 0 aliphatic carbocycles. The van der Waals surface area contributed by atoms with Gasteiger partial charge in [0.15, 0.2) is 5.82 Å². The van der Waals surface area contributed by atoms with E-state index in [1.807, 2.05) is 6.92 Å². The van der Waals surface area contributed by atoms with Crippen molar-refractivity contribution in [3.8, 4) is 5.75 Å². The summed E-state index contributed by atoms with van der Waals surface area (Å²) >= 11 is -0.656. The third-order valence-corrected chi connectivity index (χ3v) is 6.34. The minimum atomic E-state index is -0.656. The molecular weight excluding hydrogens is 421 g/mol. The number of aromatic nitrogens is 2.